The van der Waals surface area contributed by atoms with E-state index >= 15 is 0 Å². The maximum atomic E-state index is 10.9. The topological polar surface area (TPSA) is 59.0 Å². The Labute approximate surface area is 119 Å². The lowest BCUT2D eigenvalue weighted by Gasteiger charge is -2.34. The molecule has 0 radical (unpaired) electrons. The van der Waals surface area contributed by atoms with Crippen molar-refractivity contribution in [2.45, 2.75) is 25.9 Å². The summed E-state index contributed by atoms with van der Waals surface area (Å²) in [6.45, 7) is 4.66. The molecule has 0 amide bonds. The fourth-order valence-electron chi connectivity index (χ4n) is 2.56. The van der Waals surface area contributed by atoms with Crippen molar-refractivity contribution >= 4 is 5.97 Å². The third-order valence-corrected chi connectivity index (χ3v) is 3.60. The number of carboxylic acid groups (broad SMARTS) is 1. The fraction of sp³-hybridized carbons (Fsp3) is 0.533. The minimum absolute atomic E-state index is 0.0522. The van der Waals surface area contributed by atoms with Crippen LogP contribution in [0.1, 0.15) is 17.5 Å². The van der Waals surface area contributed by atoms with Crippen LogP contribution in [0.25, 0.3) is 0 Å². The number of nitrogens with zero attached hydrogens (tertiary/aromatic N) is 1. The third-order valence-electron chi connectivity index (χ3n) is 3.60. The van der Waals surface area contributed by atoms with E-state index in [1.807, 2.05) is 19.1 Å². The van der Waals surface area contributed by atoms with Gasteiger partial charge in [-0.1, -0.05) is 12.1 Å². The van der Waals surface area contributed by atoms with Gasteiger partial charge in [0.2, 0.25) is 0 Å². The molecule has 1 unspecified atom stereocenters. The standard InChI is InChI=1S/C15H21NO4/c1-11-7-12(3-4-14(11)19-2)9-16-5-6-20-10-13(16)8-15(17)18/h3-4,7,13H,5-6,8-10H2,1-2H3,(H,17,18). The van der Waals surface area contributed by atoms with Gasteiger partial charge < -0.3 is 14.6 Å². The Morgan fingerprint density at radius 1 is 1.55 bits per heavy atom. The summed E-state index contributed by atoms with van der Waals surface area (Å²) in [7, 11) is 1.66. The lowest BCUT2D eigenvalue weighted by molar-refractivity contribution is -0.140. The van der Waals surface area contributed by atoms with Gasteiger partial charge in [-0.15, -0.1) is 0 Å². The molecule has 110 valence electrons. The number of carboxylic acids is 1. The van der Waals surface area contributed by atoms with Gasteiger partial charge >= 0.3 is 5.97 Å². The minimum atomic E-state index is -0.781. The van der Waals surface area contributed by atoms with Crippen LogP contribution in [0.2, 0.25) is 0 Å². The molecule has 1 saturated heterocycles. The zero-order valence-corrected chi connectivity index (χ0v) is 12.0. The highest BCUT2D eigenvalue weighted by Crippen LogP contribution is 2.21. The molecule has 0 aliphatic carbocycles. The van der Waals surface area contributed by atoms with Crippen LogP contribution in [-0.4, -0.2) is 48.9 Å². The highest BCUT2D eigenvalue weighted by Gasteiger charge is 2.25. The van der Waals surface area contributed by atoms with Gasteiger partial charge in [0, 0.05) is 19.1 Å². The number of rotatable bonds is 5. The van der Waals surface area contributed by atoms with Crippen LogP contribution in [0.3, 0.4) is 0 Å². The lowest BCUT2D eigenvalue weighted by atomic mass is 10.1. The van der Waals surface area contributed by atoms with Gasteiger partial charge in [-0.05, 0) is 24.1 Å². The number of hydrogen-bond donors (Lipinski definition) is 1. The number of hydrogen-bond acceptors (Lipinski definition) is 4. The first-order valence-corrected chi connectivity index (χ1v) is 6.77. The molecule has 1 aliphatic rings. The van der Waals surface area contributed by atoms with Crippen LogP contribution in [0.15, 0.2) is 18.2 Å². The first-order valence-electron chi connectivity index (χ1n) is 6.77. The molecule has 2 rings (SSSR count). The zero-order chi connectivity index (χ0) is 14.5. The summed E-state index contributed by atoms with van der Waals surface area (Å²) < 4.78 is 10.6. The van der Waals surface area contributed by atoms with Gasteiger partial charge in [0.15, 0.2) is 0 Å². The largest absolute Gasteiger partial charge is 0.496 e. The highest BCUT2D eigenvalue weighted by molar-refractivity contribution is 5.67. The molecule has 1 heterocycles. The molecule has 1 aromatic rings. The molecular formula is C15H21NO4. The Balaban J connectivity index is 2.06. The Bertz CT molecular complexity index is 475. The Hall–Kier alpha value is -1.59. The predicted octanol–water partition coefficient (Wildman–Crippen LogP) is 1.68. The average molecular weight is 279 g/mol. The van der Waals surface area contributed by atoms with Crippen molar-refractivity contribution in [3.05, 3.63) is 29.3 Å². The quantitative estimate of drug-likeness (QED) is 0.888. The Morgan fingerprint density at radius 3 is 3.00 bits per heavy atom. The molecule has 0 spiro atoms. The Kier molecular flexibility index (Phi) is 4.98. The summed E-state index contributed by atoms with van der Waals surface area (Å²) in [5.41, 5.74) is 2.26. The first-order chi connectivity index (χ1) is 9.60. The van der Waals surface area contributed by atoms with Gasteiger partial charge in [-0.3, -0.25) is 9.69 Å². The van der Waals surface area contributed by atoms with E-state index in [4.69, 9.17) is 14.6 Å². The van der Waals surface area contributed by atoms with Crippen molar-refractivity contribution in [2.75, 3.05) is 26.9 Å². The van der Waals surface area contributed by atoms with Crippen molar-refractivity contribution in [3.8, 4) is 5.75 Å². The van der Waals surface area contributed by atoms with Gasteiger partial charge in [-0.25, -0.2) is 0 Å². The lowest BCUT2D eigenvalue weighted by Crippen LogP contribution is -2.45. The summed E-state index contributed by atoms with van der Waals surface area (Å²) in [5.74, 6) is 0.0919. The monoisotopic (exact) mass is 279 g/mol. The van der Waals surface area contributed by atoms with E-state index in [1.54, 1.807) is 7.11 Å². The molecule has 0 aromatic heterocycles. The molecule has 1 aromatic carbocycles. The molecule has 1 atom stereocenters. The molecule has 5 nitrogen and oxygen atoms in total. The van der Waals surface area contributed by atoms with Crippen LogP contribution in [0.4, 0.5) is 0 Å². The minimum Gasteiger partial charge on any atom is -0.496 e. The second kappa shape index (κ2) is 6.72. The van der Waals surface area contributed by atoms with Crippen LogP contribution < -0.4 is 4.74 Å². The first kappa shape index (κ1) is 14.8. The van der Waals surface area contributed by atoms with Crippen molar-refractivity contribution in [1.29, 1.82) is 0 Å². The van der Waals surface area contributed by atoms with Crippen molar-refractivity contribution in [2.24, 2.45) is 0 Å². The SMILES string of the molecule is COc1ccc(CN2CCOCC2CC(=O)O)cc1C. The second-order valence-electron chi connectivity index (χ2n) is 5.10. The summed E-state index contributed by atoms with van der Waals surface area (Å²) in [6.07, 6.45) is 0.120. The van der Waals surface area contributed by atoms with Crippen LogP contribution in [0.5, 0.6) is 5.75 Å². The van der Waals surface area contributed by atoms with E-state index < -0.39 is 5.97 Å². The van der Waals surface area contributed by atoms with Gasteiger partial charge in [0.25, 0.3) is 0 Å². The van der Waals surface area contributed by atoms with Crippen LogP contribution >= 0.6 is 0 Å². The molecule has 0 bridgehead atoms. The van der Waals surface area contributed by atoms with E-state index in [0.29, 0.717) is 13.2 Å². The summed E-state index contributed by atoms with van der Waals surface area (Å²) >= 11 is 0. The molecular weight excluding hydrogens is 258 g/mol. The molecule has 1 fully saturated rings. The molecule has 5 heteroatoms. The zero-order valence-electron chi connectivity index (χ0n) is 12.0. The van der Waals surface area contributed by atoms with E-state index in [0.717, 1.165) is 24.4 Å². The number of morpholine rings is 1. The summed E-state index contributed by atoms with van der Waals surface area (Å²) in [6, 6.07) is 6.02. The van der Waals surface area contributed by atoms with Crippen molar-refractivity contribution in [1.82, 2.24) is 4.90 Å². The van der Waals surface area contributed by atoms with E-state index in [9.17, 15) is 4.79 Å². The number of benzene rings is 1. The maximum Gasteiger partial charge on any atom is 0.305 e. The molecule has 1 N–H and O–H groups in total. The maximum absolute atomic E-state index is 10.9. The predicted molar refractivity (Wildman–Crippen MR) is 75.0 cm³/mol. The van der Waals surface area contributed by atoms with E-state index in [2.05, 4.69) is 11.0 Å². The summed E-state index contributed by atoms with van der Waals surface area (Å²) in [5, 5.41) is 8.96. The van der Waals surface area contributed by atoms with E-state index in [-0.39, 0.29) is 12.5 Å². The number of aryl methyl sites for hydroxylation is 1. The van der Waals surface area contributed by atoms with Gasteiger partial charge in [0.1, 0.15) is 5.75 Å². The Morgan fingerprint density at radius 2 is 2.35 bits per heavy atom. The fourth-order valence-corrected chi connectivity index (χ4v) is 2.56. The van der Waals surface area contributed by atoms with Gasteiger partial charge in [-0.2, -0.15) is 0 Å². The highest BCUT2D eigenvalue weighted by atomic mass is 16.5. The number of carbonyl (C=O) groups is 1. The van der Waals surface area contributed by atoms with Crippen molar-refractivity contribution in [3.63, 3.8) is 0 Å². The molecule has 1 aliphatic heterocycles. The van der Waals surface area contributed by atoms with Crippen LogP contribution in [-0.2, 0) is 16.1 Å². The number of aliphatic carboxylic acids is 1. The second-order valence-corrected chi connectivity index (χ2v) is 5.10. The molecule has 20 heavy (non-hydrogen) atoms. The summed E-state index contributed by atoms with van der Waals surface area (Å²) in [4.78, 5) is 13.1. The van der Waals surface area contributed by atoms with E-state index in [1.165, 1.54) is 5.56 Å². The molecule has 0 saturated carbocycles. The van der Waals surface area contributed by atoms with Crippen LogP contribution in [0, 0.1) is 6.92 Å². The number of methoxy groups -OCH3 is 1. The third kappa shape index (κ3) is 3.71. The average Bonchev–Trinajstić information content (AvgIpc) is 2.41. The smallest absolute Gasteiger partial charge is 0.305 e. The normalized spacial score (nSPS) is 19.8. The van der Waals surface area contributed by atoms with Crippen molar-refractivity contribution < 1.29 is 19.4 Å². The van der Waals surface area contributed by atoms with Gasteiger partial charge in [0.05, 0.1) is 26.7 Å². The number of ether oxygens (including phenoxy) is 2.